The topological polar surface area (TPSA) is 96.0 Å². The van der Waals surface area contributed by atoms with Crippen LogP contribution in [0.3, 0.4) is 0 Å². The van der Waals surface area contributed by atoms with E-state index < -0.39 is 28.5 Å². The Balaban J connectivity index is 1.84. The average Bonchev–Trinajstić information content (AvgIpc) is 3.06. The van der Waals surface area contributed by atoms with Gasteiger partial charge in [-0.25, -0.2) is 8.42 Å². The second-order valence-corrected chi connectivity index (χ2v) is 14.2. The van der Waals surface area contributed by atoms with E-state index in [0.717, 1.165) is 21.0 Å². The third kappa shape index (κ3) is 9.14. The molecule has 0 aliphatic rings. The van der Waals surface area contributed by atoms with Crippen molar-refractivity contribution in [2.45, 2.75) is 51.6 Å². The van der Waals surface area contributed by atoms with Crippen LogP contribution in [0.25, 0.3) is 0 Å². The Labute approximate surface area is 283 Å². The highest BCUT2D eigenvalue weighted by atomic mass is 35.5. The Bertz CT molecular complexity index is 1780. The van der Waals surface area contributed by atoms with Crippen LogP contribution >= 0.6 is 11.6 Å². The monoisotopic (exact) mass is 675 g/mol. The smallest absolute Gasteiger partial charge is 0.264 e. The lowest BCUT2D eigenvalue weighted by Gasteiger charge is -2.34. The number of hydrogen-bond donors (Lipinski definition) is 1. The molecule has 0 unspecified atom stereocenters. The second-order valence-electron chi connectivity index (χ2n) is 11.9. The second kappa shape index (κ2) is 16.0. The molecule has 0 saturated heterocycles. The van der Waals surface area contributed by atoms with E-state index in [2.05, 4.69) is 5.32 Å². The van der Waals surface area contributed by atoms with Crippen molar-refractivity contribution in [2.24, 2.45) is 5.92 Å². The maximum Gasteiger partial charge on any atom is 0.264 e. The minimum Gasteiger partial charge on any atom is -0.497 e. The van der Waals surface area contributed by atoms with Crippen LogP contribution in [0.5, 0.6) is 5.75 Å². The van der Waals surface area contributed by atoms with Crippen LogP contribution in [0.2, 0.25) is 5.02 Å². The van der Waals surface area contributed by atoms with Gasteiger partial charge in [-0.2, -0.15) is 0 Å². The van der Waals surface area contributed by atoms with E-state index in [9.17, 15) is 18.0 Å². The fourth-order valence-corrected chi connectivity index (χ4v) is 6.80. The van der Waals surface area contributed by atoms with Crippen molar-refractivity contribution >= 4 is 39.1 Å². The molecule has 4 aromatic carbocycles. The zero-order chi connectivity index (χ0) is 34.1. The van der Waals surface area contributed by atoms with Gasteiger partial charge >= 0.3 is 0 Å². The van der Waals surface area contributed by atoms with Crippen molar-refractivity contribution in [2.75, 3.05) is 24.5 Å². The molecule has 4 rings (SSSR count). The molecule has 0 aromatic heterocycles. The number of carbonyl (C=O) groups is 2. The molecule has 0 saturated carbocycles. The molecule has 1 atom stereocenters. The van der Waals surface area contributed by atoms with Gasteiger partial charge in [-0.1, -0.05) is 91.7 Å². The molecule has 47 heavy (non-hydrogen) atoms. The van der Waals surface area contributed by atoms with Crippen LogP contribution in [0.15, 0.2) is 102 Å². The highest BCUT2D eigenvalue weighted by Gasteiger charge is 2.35. The van der Waals surface area contributed by atoms with Crippen LogP contribution in [0.4, 0.5) is 5.69 Å². The van der Waals surface area contributed by atoms with Crippen LogP contribution < -0.4 is 14.4 Å². The van der Waals surface area contributed by atoms with Crippen molar-refractivity contribution in [3.8, 4) is 5.75 Å². The summed E-state index contributed by atoms with van der Waals surface area (Å²) in [7, 11) is -2.69. The molecule has 248 valence electrons. The molecule has 0 aliphatic heterocycles. The molecular formula is C37H42ClN3O5S. The number of nitrogens with zero attached hydrogens (tertiary/aromatic N) is 2. The SMILES string of the molecule is COc1cccc(CN(C(=O)CN(c2cccc(Cl)c2C)S(=O)(=O)c2ccc(C)cc2)[C@H](Cc2ccccc2)C(=O)NCC(C)C)c1. The van der Waals surface area contributed by atoms with Gasteiger partial charge in [-0.3, -0.25) is 13.9 Å². The van der Waals surface area contributed by atoms with Gasteiger partial charge < -0.3 is 15.0 Å². The number of nitrogens with one attached hydrogen (secondary N) is 1. The van der Waals surface area contributed by atoms with Gasteiger partial charge in [0.05, 0.1) is 17.7 Å². The normalized spacial score (nSPS) is 12.0. The van der Waals surface area contributed by atoms with Crippen LogP contribution in [0, 0.1) is 19.8 Å². The summed E-state index contributed by atoms with van der Waals surface area (Å²) in [6, 6.07) is 27.2. The Hall–Kier alpha value is -4.34. The van der Waals surface area contributed by atoms with Crippen molar-refractivity contribution < 1.29 is 22.7 Å². The number of sulfonamides is 1. The van der Waals surface area contributed by atoms with Crippen LogP contribution in [0.1, 0.15) is 36.1 Å². The number of rotatable bonds is 14. The van der Waals surface area contributed by atoms with E-state index in [-0.39, 0.29) is 35.4 Å². The summed E-state index contributed by atoms with van der Waals surface area (Å²) >= 11 is 6.47. The molecule has 8 nitrogen and oxygen atoms in total. The summed E-state index contributed by atoms with van der Waals surface area (Å²) in [6.45, 7) is 7.46. The summed E-state index contributed by atoms with van der Waals surface area (Å²) in [5, 5.41) is 3.37. The number of methoxy groups -OCH3 is 1. The number of amides is 2. The number of hydrogen-bond acceptors (Lipinski definition) is 5. The maximum atomic E-state index is 14.7. The predicted molar refractivity (Wildman–Crippen MR) is 187 cm³/mol. The molecule has 2 amide bonds. The fourth-order valence-electron chi connectivity index (χ4n) is 5.16. The first-order valence-corrected chi connectivity index (χ1v) is 17.3. The van der Waals surface area contributed by atoms with Gasteiger partial charge in [-0.05, 0) is 72.9 Å². The van der Waals surface area contributed by atoms with E-state index in [4.69, 9.17) is 16.3 Å². The third-order valence-corrected chi connectivity index (χ3v) is 10.0. The Morgan fingerprint density at radius 2 is 1.53 bits per heavy atom. The van der Waals surface area contributed by atoms with E-state index in [1.807, 2.05) is 63.2 Å². The van der Waals surface area contributed by atoms with Crippen LogP contribution in [-0.4, -0.2) is 51.4 Å². The predicted octanol–water partition coefficient (Wildman–Crippen LogP) is 6.57. The van der Waals surface area contributed by atoms with Gasteiger partial charge in [0, 0.05) is 24.5 Å². The highest BCUT2D eigenvalue weighted by Crippen LogP contribution is 2.31. The summed E-state index contributed by atoms with van der Waals surface area (Å²) in [4.78, 5) is 30.1. The van der Waals surface area contributed by atoms with Crippen LogP contribution in [-0.2, 0) is 32.6 Å². The zero-order valence-electron chi connectivity index (χ0n) is 27.4. The zero-order valence-corrected chi connectivity index (χ0v) is 29.0. The molecule has 10 heteroatoms. The van der Waals surface area contributed by atoms with E-state index in [0.29, 0.717) is 22.9 Å². The standard InChI is InChI=1S/C37H42ClN3O5S/c1-26(2)23-39-37(43)35(22-29-11-7-6-8-12-29)40(24-30-13-9-14-31(21-30)46-5)36(42)25-41(34-16-10-15-33(38)28(34)4)47(44,45)32-19-17-27(3)18-20-32/h6-21,26,35H,22-25H2,1-5H3,(H,39,43)/t35-/m1/s1. The van der Waals surface area contributed by atoms with Crippen molar-refractivity contribution in [3.63, 3.8) is 0 Å². The van der Waals surface area contributed by atoms with Crippen molar-refractivity contribution in [1.82, 2.24) is 10.2 Å². The summed E-state index contributed by atoms with van der Waals surface area (Å²) < 4.78 is 35.1. The number of ether oxygens (including phenoxy) is 1. The number of aryl methyl sites for hydroxylation is 1. The minimum atomic E-state index is -4.24. The minimum absolute atomic E-state index is 0.0325. The number of anilines is 1. The average molecular weight is 676 g/mol. The number of carbonyl (C=O) groups excluding carboxylic acids is 2. The van der Waals surface area contributed by atoms with Crippen molar-refractivity contribution in [1.29, 1.82) is 0 Å². The summed E-state index contributed by atoms with van der Waals surface area (Å²) in [5.74, 6) is -0.106. The molecule has 4 aromatic rings. The largest absolute Gasteiger partial charge is 0.497 e. The lowest BCUT2D eigenvalue weighted by molar-refractivity contribution is -0.140. The van der Waals surface area contributed by atoms with Gasteiger partial charge in [0.1, 0.15) is 18.3 Å². The van der Waals surface area contributed by atoms with Crippen molar-refractivity contribution in [3.05, 3.63) is 124 Å². The molecule has 1 N–H and O–H groups in total. The van der Waals surface area contributed by atoms with Gasteiger partial charge in [0.2, 0.25) is 11.8 Å². The molecule has 0 fully saturated rings. The molecule has 0 spiro atoms. The third-order valence-electron chi connectivity index (χ3n) is 7.84. The quantitative estimate of drug-likeness (QED) is 0.163. The first kappa shape index (κ1) is 35.5. The number of benzene rings is 4. The fraction of sp³-hybridized carbons (Fsp3) is 0.297. The highest BCUT2D eigenvalue weighted by molar-refractivity contribution is 7.92. The summed E-state index contributed by atoms with van der Waals surface area (Å²) in [5.41, 5.74) is 3.25. The van der Waals surface area contributed by atoms with E-state index >= 15 is 0 Å². The van der Waals surface area contributed by atoms with E-state index in [1.165, 1.54) is 17.0 Å². The Kier molecular flexibility index (Phi) is 12.1. The molecule has 0 bridgehead atoms. The Morgan fingerprint density at radius 3 is 2.19 bits per heavy atom. The van der Waals surface area contributed by atoms with Gasteiger partial charge in [0.25, 0.3) is 10.0 Å². The van der Waals surface area contributed by atoms with Gasteiger partial charge in [0.15, 0.2) is 0 Å². The maximum absolute atomic E-state index is 14.7. The molecule has 0 radical (unpaired) electrons. The molecule has 0 heterocycles. The van der Waals surface area contributed by atoms with E-state index in [1.54, 1.807) is 56.5 Å². The first-order chi connectivity index (χ1) is 22.4. The molecular weight excluding hydrogens is 634 g/mol. The van der Waals surface area contributed by atoms with Gasteiger partial charge in [-0.15, -0.1) is 0 Å². The lowest BCUT2D eigenvalue weighted by atomic mass is 10.0. The summed E-state index contributed by atoms with van der Waals surface area (Å²) in [6.07, 6.45) is 0.224. The Morgan fingerprint density at radius 1 is 0.872 bits per heavy atom. The molecule has 0 aliphatic carbocycles. The lowest BCUT2D eigenvalue weighted by Crippen LogP contribution is -2.53. The number of halogens is 1. The first-order valence-electron chi connectivity index (χ1n) is 15.5.